The van der Waals surface area contributed by atoms with E-state index in [2.05, 4.69) is 10.3 Å². The fourth-order valence-corrected chi connectivity index (χ4v) is 3.14. The number of benzene rings is 2. The number of aromatic nitrogens is 2. The van der Waals surface area contributed by atoms with E-state index in [1.807, 2.05) is 0 Å². The summed E-state index contributed by atoms with van der Waals surface area (Å²) in [5.74, 6) is 0.473. The highest BCUT2D eigenvalue weighted by Gasteiger charge is 2.11. The fraction of sp³-hybridized carbons (Fsp3) is 0.105. The van der Waals surface area contributed by atoms with E-state index in [0.717, 1.165) is 11.8 Å². The molecule has 0 spiro atoms. The second-order valence-electron chi connectivity index (χ2n) is 5.45. The Hall–Kier alpha value is -2.77. The summed E-state index contributed by atoms with van der Waals surface area (Å²) in [5, 5.41) is 3.58. The van der Waals surface area contributed by atoms with Gasteiger partial charge in [-0.15, -0.1) is 0 Å². The van der Waals surface area contributed by atoms with Gasteiger partial charge in [-0.25, -0.2) is 4.98 Å². The molecule has 0 aliphatic rings. The van der Waals surface area contributed by atoms with Crippen molar-refractivity contribution in [2.75, 3.05) is 18.2 Å². The van der Waals surface area contributed by atoms with Crippen LogP contribution in [0.3, 0.4) is 0 Å². The lowest BCUT2D eigenvalue weighted by molar-refractivity contribution is -0.113. The summed E-state index contributed by atoms with van der Waals surface area (Å²) in [6.45, 7) is 0. The maximum atomic E-state index is 12.7. The molecule has 0 saturated heterocycles. The predicted octanol–water partition coefficient (Wildman–Crippen LogP) is 3.63. The van der Waals surface area contributed by atoms with Gasteiger partial charge in [-0.05, 0) is 36.4 Å². The Bertz CT molecular complexity index is 1010. The van der Waals surface area contributed by atoms with Gasteiger partial charge in [0, 0.05) is 29.2 Å². The number of hydrogen-bond donors (Lipinski definition) is 1. The molecule has 0 saturated carbocycles. The van der Waals surface area contributed by atoms with Crippen LogP contribution in [0.5, 0.6) is 5.75 Å². The molecule has 1 amide bonds. The summed E-state index contributed by atoms with van der Waals surface area (Å²) < 4.78 is 6.66. The molecule has 0 unspecified atom stereocenters. The first-order valence-electron chi connectivity index (χ1n) is 7.97. The highest BCUT2D eigenvalue weighted by Crippen LogP contribution is 2.17. The zero-order valence-electron chi connectivity index (χ0n) is 14.4. The first-order chi connectivity index (χ1) is 13.1. The molecule has 0 radical (unpaired) electrons. The number of nitrogens with one attached hydrogen (secondary N) is 1. The van der Waals surface area contributed by atoms with Crippen LogP contribution < -0.4 is 15.6 Å². The molecule has 138 valence electrons. The molecule has 3 rings (SSSR count). The van der Waals surface area contributed by atoms with Crippen molar-refractivity contribution in [2.45, 2.75) is 5.03 Å². The summed E-state index contributed by atoms with van der Waals surface area (Å²) in [4.78, 5) is 28.9. The molecule has 3 aromatic rings. The van der Waals surface area contributed by atoms with E-state index in [0.29, 0.717) is 22.1 Å². The minimum absolute atomic E-state index is 0.0625. The van der Waals surface area contributed by atoms with Crippen molar-refractivity contribution < 1.29 is 9.53 Å². The number of nitrogens with zero attached hydrogens (tertiary/aromatic N) is 2. The highest BCUT2D eigenvalue weighted by atomic mass is 35.5. The molecule has 1 N–H and O–H groups in total. The number of rotatable bonds is 6. The lowest BCUT2D eigenvalue weighted by Crippen LogP contribution is -2.22. The molecule has 1 heterocycles. The van der Waals surface area contributed by atoms with Gasteiger partial charge in [0.1, 0.15) is 5.75 Å². The number of ether oxygens (including phenoxy) is 1. The molecule has 0 atom stereocenters. The lowest BCUT2D eigenvalue weighted by Gasteiger charge is -2.09. The number of halogens is 1. The molecule has 27 heavy (non-hydrogen) atoms. The zero-order valence-corrected chi connectivity index (χ0v) is 16.0. The molecule has 0 aliphatic carbocycles. The van der Waals surface area contributed by atoms with Crippen molar-refractivity contribution in [1.82, 2.24) is 9.55 Å². The third kappa shape index (κ3) is 4.90. The van der Waals surface area contributed by atoms with Crippen LogP contribution in [0, 0.1) is 0 Å². The molecule has 8 heteroatoms. The molecule has 0 bridgehead atoms. The smallest absolute Gasteiger partial charge is 0.287 e. The molecule has 0 fully saturated rings. The Labute approximate surface area is 165 Å². The van der Waals surface area contributed by atoms with E-state index in [1.54, 1.807) is 61.8 Å². The van der Waals surface area contributed by atoms with Crippen molar-refractivity contribution in [3.05, 3.63) is 76.3 Å². The second-order valence-corrected chi connectivity index (χ2v) is 6.85. The summed E-state index contributed by atoms with van der Waals surface area (Å²) in [6.07, 6.45) is 3.11. The van der Waals surface area contributed by atoms with E-state index in [-0.39, 0.29) is 22.2 Å². The van der Waals surface area contributed by atoms with Gasteiger partial charge in [0.25, 0.3) is 5.56 Å². The average molecular weight is 402 g/mol. The van der Waals surface area contributed by atoms with Crippen molar-refractivity contribution in [3.8, 4) is 11.4 Å². The van der Waals surface area contributed by atoms with E-state index >= 15 is 0 Å². The standard InChI is InChI=1S/C19H16ClN3O3S/c1-26-16-4-2-3-15(11-16)23-10-9-21-18(19(23)25)27-12-17(24)22-14-7-5-13(20)6-8-14/h2-11H,12H2,1H3,(H,22,24). The Morgan fingerprint density at radius 1 is 1.26 bits per heavy atom. The van der Waals surface area contributed by atoms with Crippen LogP contribution in [0.4, 0.5) is 5.69 Å². The number of carbonyl (C=O) groups is 1. The first kappa shape index (κ1) is 19.0. The Balaban J connectivity index is 1.71. The van der Waals surface area contributed by atoms with Crippen molar-refractivity contribution in [2.24, 2.45) is 0 Å². The quantitative estimate of drug-likeness (QED) is 0.638. The Kier molecular flexibility index (Phi) is 6.16. The summed E-state index contributed by atoms with van der Waals surface area (Å²) in [6, 6.07) is 13.9. The number of anilines is 1. The summed E-state index contributed by atoms with van der Waals surface area (Å²) >= 11 is 6.90. The van der Waals surface area contributed by atoms with Crippen LogP contribution in [-0.4, -0.2) is 28.3 Å². The van der Waals surface area contributed by atoms with Crippen LogP contribution in [0.15, 0.2) is 70.7 Å². The van der Waals surface area contributed by atoms with E-state index in [4.69, 9.17) is 16.3 Å². The Morgan fingerprint density at radius 3 is 2.78 bits per heavy atom. The second kappa shape index (κ2) is 8.75. The average Bonchev–Trinajstić information content (AvgIpc) is 2.69. The van der Waals surface area contributed by atoms with Crippen LogP contribution in [0.25, 0.3) is 5.69 Å². The number of carbonyl (C=O) groups excluding carboxylic acids is 1. The van der Waals surface area contributed by atoms with Crippen molar-refractivity contribution >= 4 is 35.0 Å². The van der Waals surface area contributed by atoms with E-state index < -0.39 is 0 Å². The monoisotopic (exact) mass is 401 g/mol. The third-order valence-corrected chi connectivity index (χ3v) is 4.82. The largest absolute Gasteiger partial charge is 0.497 e. The number of thioether (sulfide) groups is 1. The van der Waals surface area contributed by atoms with Gasteiger partial charge in [0.2, 0.25) is 5.91 Å². The van der Waals surface area contributed by atoms with Gasteiger partial charge in [0.05, 0.1) is 18.6 Å². The normalized spacial score (nSPS) is 10.4. The minimum atomic E-state index is -0.296. The summed E-state index contributed by atoms with van der Waals surface area (Å²) in [5.41, 5.74) is 1.00. The molecule has 0 aliphatic heterocycles. The summed E-state index contributed by atoms with van der Waals surface area (Å²) in [7, 11) is 1.56. The molecular weight excluding hydrogens is 386 g/mol. The zero-order chi connectivity index (χ0) is 19.2. The fourth-order valence-electron chi connectivity index (χ4n) is 2.32. The highest BCUT2D eigenvalue weighted by molar-refractivity contribution is 7.99. The van der Waals surface area contributed by atoms with Crippen LogP contribution in [0.2, 0.25) is 5.02 Å². The van der Waals surface area contributed by atoms with Crippen LogP contribution in [0.1, 0.15) is 0 Å². The van der Waals surface area contributed by atoms with Crippen molar-refractivity contribution in [3.63, 3.8) is 0 Å². The predicted molar refractivity (Wildman–Crippen MR) is 107 cm³/mol. The van der Waals surface area contributed by atoms with Crippen LogP contribution >= 0.6 is 23.4 Å². The number of amides is 1. The first-order valence-corrected chi connectivity index (χ1v) is 9.33. The molecule has 2 aromatic carbocycles. The number of hydrogen-bond acceptors (Lipinski definition) is 5. The number of methoxy groups -OCH3 is 1. The van der Waals surface area contributed by atoms with Crippen LogP contribution in [-0.2, 0) is 4.79 Å². The van der Waals surface area contributed by atoms with Gasteiger partial charge >= 0.3 is 0 Å². The van der Waals surface area contributed by atoms with Gasteiger partial charge < -0.3 is 10.1 Å². The van der Waals surface area contributed by atoms with E-state index in [1.165, 1.54) is 10.8 Å². The lowest BCUT2D eigenvalue weighted by atomic mass is 10.3. The maximum Gasteiger partial charge on any atom is 0.287 e. The van der Waals surface area contributed by atoms with Gasteiger partial charge in [-0.2, -0.15) is 0 Å². The topological polar surface area (TPSA) is 73.2 Å². The van der Waals surface area contributed by atoms with Gasteiger partial charge in [-0.1, -0.05) is 29.4 Å². The van der Waals surface area contributed by atoms with Gasteiger partial charge in [-0.3, -0.25) is 14.2 Å². The maximum absolute atomic E-state index is 12.7. The van der Waals surface area contributed by atoms with E-state index in [9.17, 15) is 9.59 Å². The minimum Gasteiger partial charge on any atom is -0.497 e. The SMILES string of the molecule is COc1cccc(-n2ccnc(SCC(=O)Nc3ccc(Cl)cc3)c2=O)c1. The van der Waals surface area contributed by atoms with Gasteiger partial charge in [0.15, 0.2) is 5.03 Å². The Morgan fingerprint density at radius 2 is 2.04 bits per heavy atom. The molecule has 6 nitrogen and oxygen atoms in total. The molecule has 1 aromatic heterocycles. The third-order valence-electron chi connectivity index (χ3n) is 3.61. The molecular formula is C19H16ClN3O3S. The van der Waals surface area contributed by atoms with Crippen molar-refractivity contribution in [1.29, 1.82) is 0 Å².